The average molecular weight is 278 g/mol. The maximum Gasteiger partial charge on any atom is 0.102 e. The van der Waals surface area contributed by atoms with E-state index >= 15 is 0 Å². The van der Waals surface area contributed by atoms with E-state index in [9.17, 15) is 5.11 Å². The van der Waals surface area contributed by atoms with Gasteiger partial charge in [0.1, 0.15) is 6.10 Å². The Hall–Kier alpha value is -0.860. The summed E-state index contributed by atoms with van der Waals surface area (Å²) in [4.78, 5) is 0. The molecule has 1 unspecified atom stereocenters. The third-order valence-electron chi connectivity index (χ3n) is 3.58. The lowest BCUT2D eigenvalue weighted by atomic mass is 9.86. The molecule has 0 fully saturated rings. The molecule has 0 amide bonds. The Morgan fingerprint density at radius 2 is 1.70 bits per heavy atom. The van der Waals surface area contributed by atoms with Crippen molar-refractivity contribution < 1.29 is 9.84 Å². The van der Waals surface area contributed by atoms with Gasteiger partial charge >= 0.3 is 0 Å². The maximum atomic E-state index is 10.1. The van der Waals surface area contributed by atoms with Gasteiger partial charge in [0, 0.05) is 6.61 Å². The van der Waals surface area contributed by atoms with Crippen molar-refractivity contribution in [3.63, 3.8) is 0 Å². The molecule has 0 aliphatic carbocycles. The topological polar surface area (TPSA) is 29.5 Å². The van der Waals surface area contributed by atoms with E-state index < -0.39 is 6.10 Å². The second-order valence-electron chi connectivity index (χ2n) is 6.52. The molecule has 1 atom stereocenters. The predicted octanol–water partition coefficient (Wildman–Crippen LogP) is 4.61. The summed E-state index contributed by atoms with van der Waals surface area (Å²) in [6, 6.07) is 8.21. The van der Waals surface area contributed by atoms with E-state index in [1.165, 1.54) is 24.8 Å². The molecule has 1 rings (SSSR count). The Kier molecular flexibility index (Phi) is 7.25. The highest BCUT2D eigenvalue weighted by molar-refractivity contribution is 5.28. The van der Waals surface area contributed by atoms with Crippen molar-refractivity contribution in [2.24, 2.45) is 0 Å². The lowest BCUT2D eigenvalue weighted by molar-refractivity contribution is 0.0344. The molecule has 1 N–H and O–H groups in total. The van der Waals surface area contributed by atoms with E-state index in [1.54, 1.807) is 0 Å². The second-order valence-corrected chi connectivity index (χ2v) is 6.52. The fourth-order valence-corrected chi connectivity index (χ4v) is 2.13. The quantitative estimate of drug-likeness (QED) is 0.703. The van der Waals surface area contributed by atoms with Gasteiger partial charge in [0.15, 0.2) is 0 Å². The van der Waals surface area contributed by atoms with Crippen molar-refractivity contribution in [1.82, 2.24) is 0 Å². The molecule has 0 aromatic heterocycles. The van der Waals surface area contributed by atoms with Crippen LogP contribution in [-0.4, -0.2) is 18.3 Å². The van der Waals surface area contributed by atoms with E-state index in [1.807, 2.05) is 12.1 Å². The SMILES string of the molecule is CCCCCCOCC(O)c1ccc(C(C)(C)C)cc1. The molecule has 0 saturated heterocycles. The van der Waals surface area contributed by atoms with E-state index in [4.69, 9.17) is 4.74 Å². The number of ether oxygens (including phenoxy) is 1. The maximum absolute atomic E-state index is 10.1. The van der Waals surface area contributed by atoms with Crippen molar-refractivity contribution in [3.05, 3.63) is 35.4 Å². The van der Waals surface area contributed by atoms with E-state index in [-0.39, 0.29) is 5.41 Å². The van der Waals surface area contributed by atoms with Crippen LogP contribution in [-0.2, 0) is 10.2 Å². The van der Waals surface area contributed by atoms with Gasteiger partial charge in [-0.15, -0.1) is 0 Å². The number of aliphatic hydroxyl groups excluding tert-OH is 1. The van der Waals surface area contributed by atoms with E-state index in [0.717, 1.165) is 18.6 Å². The largest absolute Gasteiger partial charge is 0.386 e. The van der Waals surface area contributed by atoms with Crippen LogP contribution in [0.1, 0.15) is 70.6 Å². The van der Waals surface area contributed by atoms with Gasteiger partial charge in [-0.2, -0.15) is 0 Å². The smallest absolute Gasteiger partial charge is 0.102 e. The zero-order valence-electron chi connectivity index (χ0n) is 13.5. The number of rotatable bonds is 8. The van der Waals surface area contributed by atoms with Crippen LogP contribution in [0.4, 0.5) is 0 Å². The molecule has 114 valence electrons. The highest BCUT2D eigenvalue weighted by Crippen LogP contribution is 2.24. The van der Waals surface area contributed by atoms with Gasteiger partial charge in [0.25, 0.3) is 0 Å². The molecule has 2 nitrogen and oxygen atoms in total. The molecule has 0 aliphatic heterocycles. The summed E-state index contributed by atoms with van der Waals surface area (Å²) in [6.07, 6.45) is 4.29. The van der Waals surface area contributed by atoms with Gasteiger partial charge in [-0.3, -0.25) is 0 Å². The molecule has 1 aromatic carbocycles. The van der Waals surface area contributed by atoms with Crippen LogP contribution in [0.15, 0.2) is 24.3 Å². The van der Waals surface area contributed by atoms with Gasteiger partial charge in [0.05, 0.1) is 6.61 Å². The van der Waals surface area contributed by atoms with Gasteiger partial charge in [-0.25, -0.2) is 0 Å². The summed E-state index contributed by atoms with van der Waals surface area (Å²) < 4.78 is 5.54. The molecule has 0 bridgehead atoms. The minimum absolute atomic E-state index is 0.152. The Morgan fingerprint density at radius 3 is 2.25 bits per heavy atom. The lowest BCUT2D eigenvalue weighted by Gasteiger charge is -2.20. The summed E-state index contributed by atoms with van der Waals surface area (Å²) in [5.41, 5.74) is 2.37. The Balaban J connectivity index is 2.34. The first-order valence-electron chi connectivity index (χ1n) is 7.81. The molecule has 0 spiro atoms. The first-order valence-corrected chi connectivity index (χ1v) is 7.81. The summed E-state index contributed by atoms with van der Waals surface area (Å²) in [6.45, 7) is 9.91. The highest BCUT2D eigenvalue weighted by atomic mass is 16.5. The molecule has 1 aromatic rings. The molecule has 20 heavy (non-hydrogen) atoms. The number of unbranched alkanes of at least 4 members (excludes halogenated alkanes) is 3. The Bertz CT molecular complexity index is 362. The molecular formula is C18H30O2. The lowest BCUT2D eigenvalue weighted by Crippen LogP contribution is -2.12. The summed E-state index contributed by atoms with van der Waals surface area (Å²) in [7, 11) is 0. The molecule has 0 radical (unpaired) electrons. The third kappa shape index (κ3) is 6.06. The minimum atomic E-state index is -0.518. The van der Waals surface area contributed by atoms with Crippen molar-refractivity contribution in [1.29, 1.82) is 0 Å². The van der Waals surface area contributed by atoms with Crippen LogP contribution in [0.25, 0.3) is 0 Å². The van der Waals surface area contributed by atoms with Gasteiger partial charge in [-0.05, 0) is 23.0 Å². The number of aliphatic hydroxyl groups is 1. The van der Waals surface area contributed by atoms with Crippen LogP contribution >= 0.6 is 0 Å². The predicted molar refractivity (Wildman–Crippen MR) is 85.1 cm³/mol. The van der Waals surface area contributed by atoms with E-state index in [2.05, 4.69) is 39.8 Å². The minimum Gasteiger partial charge on any atom is -0.386 e. The molecule has 2 heteroatoms. The highest BCUT2D eigenvalue weighted by Gasteiger charge is 2.14. The van der Waals surface area contributed by atoms with Gasteiger partial charge in [-0.1, -0.05) is 71.2 Å². The van der Waals surface area contributed by atoms with Crippen molar-refractivity contribution >= 4 is 0 Å². The zero-order valence-corrected chi connectivity index (χ0v) is 13.5. The number of hydrogen-bond donors (Lipinski definition) is 1. The van der Waals surface area contributed by atoms with Gasteiger partial charge < -0.3 is 9.84 Å². The fraction of sp³-hybridized carbons (Fsp3) is 0.667. The molecular weight excluding hydrogens is 248 g/mol. The van der Waals surface area contributed by atoms with Crippen LogP contribution in [0.3, 0.4) is 0 Å². The van der Waals surface area contributed by atoms with Crippen molar-refractivity contribution in [2.75, 3.05) is 13.2 Å². The molecule has 0 saturated carbocycles. The zero-order chi connectivity index (χ0) is 15.0. The van der Waals surface area contributed by atoms with Crippen LogP contribution in [0, 0.1) is 0 Å². The Morgan fingerprint density at radius 1 is 1.05 bits per heavy atom. The molecule has 0 heterocycles. The first kappa shape index (κ1) is 17.2. The molecule has 0 aliphatic rings. The third-order valence-corrected chi connectivity index (χ3v) is 3.58. The summed E-state index contributed by atoms with van der Waals surface area (Å²) in [5, 5.41) is 10.1. The van der Waals surface area contributed by atoms with Gasteiger partial charge in [0.2, 0.25) is 0 Å². The van der Waals surface area contributed by atoms with Crippen molar-refractivity contribution in [3.8, 4) is 0 Å². The Labute approximate surface area is 124 Å². The van der Waals surface area contributed by atoms with Crippen LogP contribution in [0.5, 0.6) is 0 Å². The first-order chi connectivity index (χ1) is 9.45. The average Bonchev–Trinajstić information content (AvgIpc) is 2.41. The summed E-state index contributed by atoms with van der Waals surface area (Å²) in [5.74, 6) is 0. The number of hydrogen-bond acceptors (Lipinski definition) is 2. The monoisotopic (exact) mass is 278 g/mol. The second kappa shape index (κ2) is 8.43. The van der Waals surface area contributed by atoms with E-state index in [0.29, 0.717) is 6.61 Å². The number of benzene rings is 1. The standard InChI is InChI=1S/C18H30O2/c1-5-6-7-8-13-20-14-17(19)15-9-11-16(12-10-15)18(2,3)4/h9-12,17,19H,5-8,13-14H2,1-4H3. The fourth-order valence-electron chi connectivity index (χ4n) is 2.13. The normalized spacial score (nSPS) is 13.4. The van der Waals surface area contributed by atoms with Crippen molar-refractivity contribution in [2.45, 2.75) is 64.9 Å². The van der Waals surface area contributed by atoms with Crippen LogP contribution < -0.4 is 0 Å². The van der Waals surface area contributed by atoms with Crippen LogP contribution in [0.2, 0.25) is 0 Å². The summed E-state index contributed by atoms with van der Waals surface area (Å²) >= 11 is 0.